The van der Waals surface area contributed by atoms with Gasteiger partial charge in [-0.3, -0.25) is 0 Å². The van der Waals surface area contributed by atoms with Gasteiger partial charge in [0.1, 0.15) is 5.82 Å². The SMILES string of the molecule is CCC1CN(C)CCCN1c1c(F)cccc1C(C)NC. The Hall–Kier alpha value is -1.13. The van der Waals surface area contributed by atoms with Crippen molar-refractivity contribution in [1.82, 2.24) is 10.2 Å². The predicted octanol–water partition coefficient (Wildman–Crippen LogP) is 3.03. The number of para-hydroxylation sites is 1. The molecule has 0 aromatic heterocycles. The molecule has 2 rings (SSSR count). The smallest absolute Gasteiger partial charge is 0.146 e. The second-order valence-corrected chi connectivity index (χ2v) is 6.06. The van der Waals surface area contributed by atoms with Crippen molar-refractivity contribution in [2.75, 3.05) is 38.6 Å². The molecule has 1 N–H and O–H groups in total. The van der Waals surface area contributed by atoms with E-state index in [-0.39, 0.29) is 11.9 Å². The van der Waals surface area contributed by atoms with Gasteiger partial charge in [0.2, 0.25) is 0 Å². The standard InChI is InChI=1S/C17H28FN3/c1-5-14-12-20(4)10-7-11-21(14)17-15(13(2)19-3)8-6-9-16(17)18/h6,8-9,13-14,19H,5,7,10-12H2,1-4H3. The van der Waals surface area contributed by atoms with Crippen LogP contribution < -0.4 is 10.2 Å². The van der Waals surface area contributed by atoms with Gasteiger partial charge in [-0.2, -0.15) is 0 Å². The molecule has 3 nitrogen and oxygen atoms in total. The van der Waals surface area contributed by atoms with Gasteiger partial charge in [-0.1, -0.05) is 19.1 Å². The van der Waals surface area contributed by atoms with Crippen molar-refractivity contribution >= 4 is 5.69 Å². The average Bonchev–Trinajstić information content (AvgIpc) is 2.67. The van der Waals surface area contributed by atoms with Crippen LogP contribution in [-0.4, -0.2) is 44.7 Å². The molecule has 0 saturated carbocycles. The third-order valence-corrected chi connectivity index (χ3v) is 4.58. The normalized spacial score (nSPS) is 22.1. The predicted molar refractivity (Wildman–Crippen MR) is 87.4 cm³/mol. The molecule has 0 amide bonds. The Kier molecular flexibility index (Phi) is 5.59. The largest absolute Gasteiger partial charge is 0.365 e. The number of likely N-dealkylation sites (N-methyl/N-ethyl adjacent to an activating group) is 1. The summed E-state index contributed by atoms with van der Waals surface area (Å²) in [5.74, 6) is -0.0994. The van der Waals surface area contributed by atoms with Crippen molar-refractivity contribution in [3.63, 3.8) is 0 Å². The van der Waals surface area contributed by atoms with Gasteiger partial charge in [0.15, 0.2) is 0 Å². The number of hydrogen-bond donors (Lipinski definition) is 1. The first-order chi connectivity index (χ1) is 10.1. The van der Waals surface area contributed by atoms with Gasteiger partial charge in [-0.05, 0) is 52.0 Å². The summed E-state index contributed by atoms with van der Waals surface area (Å²) in [7, 11) is 4.08. The maximum Gasteiger partial charge on any atom is 0.146 e. The molecule has 21 heavy (non-hydrogen) atoms. The van der Waals surface area contributed by atoms with Crippen LogP contribution >= 0.6 is 0 Å². The molecular formula is C17H28FN3. The van der Waals surface area contributed by atoms with Crippen LogP contribution in [0.2, 0.25) is 0 Å². The van der Waals surface area contributed by atoms with Gasteiger partial charge in [0.05, 0.1) is 5.69 Å². The Labute approximate surface area is 128 Å². The molecule has 4 heteroatoms. The van der Waals surface area contributed by atoms with E-state index < -0.39 is 0 Å². The second-order valence-electron chi connectivity index (χ2n) is 6.06. The number of nitrogens with one attached hydrogen (secondary N) is 1. The first kappa shape index (κ1) is 16.2. The molecule has 0 bridgehead atoms. The molecular weight excluding hydrogens is 265 g/mol. The van der Waals surface area contributed by atoms with Crippen LogP contribution in [0.1, 0.15) is 38.3 Å². The molecule has 1 aromatic rings. The summed E-state index contributed by atoms with van der Waals surface area (Å²) in [5.41, 5.74) is 1.85. The number of anilines is 1. The minimum absolute atomic E-state index is 0.0994. The molecule has 1 fully saturated rings. The maximum absolute atomic E-state index is 14.6. The quantitative estimate of drug-likeness (QED) is 0.920. The second kappa shape index (κ2) is 7.23. The summed E-state index contributed by atoms with van der Waals surface area (Å²) < 4.78 is 14.6. The first-order valence-corrected chi connectivity index (χ1v) is 7.99. The minimum atomic E-state index is -0.0994. The van der Waals surface area contributed by atoms with Gasteiger partial charge in [-0.25, -0.2) is 4.39 Å². The van der Waals surface area contributed by atoms with E-state index in [0.29, 0.717) is 6.04 Å². The summed E-state index contributed by atoms with van der Waals surface area (Å²) in [6.07, 6.45) is 2.11. The zero-order valence-electron chi connectivity index (χ0n) is 13.7. The summed E-state index contributed by atoms with van der Waals surface area (Å²) in [6, 6.07) is 5.96. The lowest BCUT2D eigenvalue weighted by Crippen LogP contribution is -2.41. The summed E-state index contributed by atoms with van der Waals surface area (Å²) in [5, 5.41) is 3.24. The van der Waals surface area contributed by atoms with E-state index in [1.807, 2.05) is 19.2 Å². The van der Waals surface area contributed by atoms with Crippen molar-refractivity contribution in [2.24, 2.45) is 0 Å². The lowest BCUT2D eigenvalue weighted by molar-refractivity contribution is 0.327. The maximum atomic E-state index is 14.6. The molecule has 2 unspecified atom stereocenters. The molecule has 1 aliphatic rings. The van der Waals surface area contributed by atoms with Crippen LogP contribution in [0.4, 0.5) is 10.1 Å². The average molecular weight is 293 g/mol. The van der Waals surface area contributed by atoms with Gasteiger partial charge < -0.3 is 15.1 Å². The lowest BCUT2D eigenvalue weighted by Gasteiger charge is -2.35. The van der Waals surface area contributed by atoms with Gasteiger partial charge in [0.25, 0.3) is 0 Å². The Morgan fingerprint density at radius 2 is 2.14 bits per heavy atom. The van der Waals surface area contributed by atoms with Gasteiger partial charge >= 0.3 is 0 Å². The Balaban J connectivity index is 2.42. The van der Waals surface area contributed by atoms with Crippen molar-refractivity contribution in [3.8, 4) is 0 Å². The van der Waals surface area contributed by atoms with Crippen LogP contribution in [0.5, 0.6) is 0 Å². The third-order valence-electron chi connectivity index (χ3n) is 4.58. The Bertz CT molecular complexity index is 463. The molecule has 0 spiro atoms. The van der Waals surface area contributed by atoms with Crippen LogP contribution in [0.3, 0.4) is 0 Å². The summed E-state index contributed by atoms with van der Waals surface area (Å²) in [6.45, 7) is 7.28. The number of hydrogen-bond acceptors (Lipinski definition) is 3. The zero-order valence-corrected chi connectivity index (χ0v) is 13.7. The van der Waals surface area contributed by atoms with Crippen LogP contribution in [0.15, 0.2) is 18.2 Å². The number of nitrogens with zero attached hydrogens (tertiary/aromatic N) is 2. The highest BCUT2D eigenvalue weighted by atomic mass is 19.1. The number of benzene rings is 1. The highest BCUT2D eigenvalue weighted by Crippen LogP contribution is 2.32. The minimum Gasteiger partial charge on any atom is -0.365 e. The fourth-order valence-electron chi connectivity index (χ4n) is 3.23. The van der Waals surface area contributed by atoms with E-state index in [9.17, 15) is 4.39 Å². The molecule has 1 aliphatic heterocycles. The van der Waals surface area contributed by atoms with Gasteiger partial charge in [0, 0.05) is 25.2 Å². The molecule has 1 aromatic carbocycles. The van der Waals surface area contributed by atoms with Crippen LogP contribution in [0, 0.1) is 5.82 Å². The highest BCUT2D eigenvalue weighted by Gasteiger charge is 2.27. The fraction of sp³-hybridized carbons (Fsp3) is 0.647. The highest BCUT2D eigenvalue weighted by molar-refractivity contribution is 5.57. The molecule has 0 aliphatic carbocycles. The van der Waals surface area contributed by atoms with E-state index in [1.165, 1.54) is 0 Å². The first-order valence-electron chi connectivity index (χ1n) is 7.99. The van der Waals surface area contributed by atoms with E-state index in [1.54, 1.807) is 6.07 Å². The Morgan fingerprint density at radius 3 is 2.81 bits per heavy atom. The monoisotopic (exact) mass is 293 g/mol. The third kappa shape index (κ3) is 3.55. The van der Waals surface area contributed by atoms with E-state index in [2.05, 4.69) is 36.0 Å². The van der Waals surface area contributed by atoms with Crippen molar-refractivity contribution in [1.29, 1.82) is 0 Å². The van der Waals surface area contributed by atoms with Crippen molar-refractivity contribution in [3.05, 3.63) is 29.6 Å². The van der Waals surface area contributed by atoms with Gasteiger partial charge in [-0.15, -0.1) is 0 Å². The molecule has 2 atom stereocenters. The summed E-state index contributed by atoms with van der Waals surface area (Å²) >= 11 is 0. The van der Waals surface area contributed by atoms with Crippen LogP contribution in [-0.2, 0) is 0 Å². The topological polar surface area (TPSA) is 18.5 Å². The number of halogens is 1. The lowest BCUT2D eigenvalue weighted by atomic mass is 10.0. The van der Waals surface area contributed by atoms with E-state index in [0.717, 1.165) is 43.7 Å². The molecule has 1 saturated heterocycles. The molecule has 118 valence electrons. The van der Waals surface area contributed by atoms with Crippen molar-refractivity contribution < 1.29 is 4.39 Å². The number of rotatable bonds is 4. The zero-order chi connectivity index (χ0) is 15.4. The van der Waals surface area contributed by atoms with E-state index >= 15 is 0 Å². The summed E-state index contributed by atoms with van der Waals surface area (Å²) in [4.78, 5) is 4.65. The van der Waals surface area contributed by atoms with E-state index in [4.69, 9.17) is 0 Å². The fourth-order valence-corrected chi connectivity index (χ4v) is 3.23. The van der Waals surface area contributed by atoms with Crippen LogP contribution in [0.25, 0.3) is 0 Å². The molecule has 0 radical (unpaired) electrons. The van der Waals surface area contributed by atoms with Crippen molar-refractivity contribution in [2.45, 2.75) is 38.8 Å². The molecule has 1 heterocycles. The Morgan fingerprint density at radius 1 is 1.38 bits per heavy atom.